The van der Waals surface area contributed by atoms with Gasteiger partial charge >= 0.3 is 0 Å². The third kappa shape index (κ3) is 3.20. The first kappa shape index (κ1) is 15.4. The first-order valence-electron chi connectivity index (χ1n) is 7.68. The number of benzene rings is 1. The van der Waals surface area contributed by atoms with Crippen LogP contribution in [0.5, 0.6) is 5.75 Å². The van der Waals surface area contributed by atoms with Crippen LogP contribution >= 0.6 is 0 Å². The van der Waals surface area contributed by atoms with Crippen molar-refractivity contribution < 1.29 is 4.74 Å². The summed E-state index contributed by atoms with van der Waals surface area (Å²) < 4.78 is 7.70. The minimum absolute atomic E-state index is 0.308. The Kier molecular flexibility index (Phi) is 4.89. The van der Waals surface area contributed by atoms with E-state index in [2.05, 4.69) is 25.3 Å². The summed E-state index contributed by atoms with van der Waals surface area (Å²) >= 11 is 0. The van der Waals surface area contributed by atoms with Crippen molar-refractivity contribution in [1.82, 2.24) is 9.55 Å². The number of aromatic nitrogens is 2. The molecule has 0 aliphatic rings. The Morgan fingerprint density at radius 1 is 1.29 bits per heavy atom. The highest BCUT2D eigenvalue weighted by Crippen LogP contribution is 2.31. The zero-order chi connectivity index (χ0) is 15.4. The third-order valence-corrected chi connectivity index (χ3v) is 3.43. The molecule has 0 fully saturated rings. The summed E-state index contributed by atoms with van der Waals surface area (Å²) in [6.45, 7) is 9.06. The fourth-order valence-electron chi connectivity index (χ4n) is 2.58. The van der Waals surface area contributed by atoms with Gasteiger partial charge in [-0.2, -0.15) is 0 Å². The Bertz CT molecular complexity index is 602. The van der Waals surface area contributed by atoms with Crippen LogP contribution in [0, 0.1) is 0 Å². The van der Waals surface area contributed by atoms with Gasteiger partial charge in [-0.05, 0) is 39.3 Å². The van der Waals surface area contributed by atoms with Crippen LogP contribution in [0.2, 0.25) is 0 Å². The van der Waals surface area contributed by atoms with Crippen LogP contribution in [0.4, 0.5) is 5.82 Å². The van der Waals surface area contributed by atoms with E-state index in [-0.39, 0.29) is 0 Å². The average molecular weight is 287 g/mol. The Hall–Kier alpha value is -1.97. The lowest BCUT2D eigenvalue weighted by Gasteiger charge is -2.13. The normalized spacial score (nSPS) is 11.1. The number of nitrogens with two attached hydrogens (primary N) is 1. The number of nitrogens with zero attached hydrogens (tertiary/aromatic N) is 2. The number of hydrogen-bond acceptors (Lipinski definition) is 3. The molecule has 0 spiro atoms. The zero-order valence-corrected chi connectivity index (χ0v) is 13.4. The van der Waals surface area contributed by atoms with Crippen molar-refractivity contribution in [2.24, 2.45) is 0 Å². The molecule has 0 atom stereocenters. The second kappa shape index (κ2) is 6.66. The van der Waals surface area contributed by atoms with Gasteiger partial charge in [-0.1, -0.05) is 19.1 Å². The van der Waals surface area contributed by atoms with Gasteiger partial charge in [0.25, 0.3) is 0 Å². The molecule has 0 radical (unpaired) electrons. The highest BCUT2D eigenvalue weighted by Gasteiger charge is 2.17. The van der Waals surface area contributed by atoms with Gasteiger partial charge in [-0.15, -0.1) is 0 Å². The van der Waals surface area contributed by atoms with E-state index in [4.69, 9.17) is 15.5 Å². The fraction of sp³-hybridized carbons (Fsp3) is 0.471. The second-order valence-electron chi connectivity index (χ2n) is 5.44. The molecule has 1 heterocycles. The molecule has 2 aromatic rings. The molecule has 0 aliphatic carbocycles. The van der Waals surface area contributed by atoms with Crippen LogP contribution in [0.25, 0.3) is 11.3 Å². The number of nitrogen functional groups attached to an aromatic ring is 1. The molecule has 2 N–H and O–H groups in total. The lowest BCUT2D eigenvalue weighted by molar-refractivity contribution is 0.340. The number of ether oxygens (including phenoxy) is 1. The summed E-state index contributed by atoms with van der Waals surface area (Å²) in [6, 6.07) is 8.27. The molecule has 0 aliphatic heterocycles. The third-order valence-electron chi connectivity index (χ3n) is 3.43. The Balaban J connectivity index is 2.48. The van der Waals surface area contributed by atoms with Gasteiger partial charge in [0.2, 0.25) is 0 Å². The van der Waals surface area contributed by atoms with Crippen molar-refractivity contribution in [1.29, 1.82) is 0 Å². The number of anilines is 1. The summed E-state index contributed by atoms with van der Waals surface area (Å²) in [5.41, 5.74) is 8.22. The quantitative estimate of drug-likeness (QED) is 0.871. The lowest BCUT2D eigenvalue weighted by atomic mass is 10.1. The Labute approximate surface area is 127 Å². The summed E-state index contributed by atoms with van der Waals surface area (Å²) in [7, 11) is 0. The SMILES string of the molecule is CCCc1nc(-c2cccc(OCC)c2)c(N)n1C(C)C. The Morgan fingerprint density at radius 3 is 2.67 bits per heavy atom. The van der Waals surface area contributed by atoms with E-state index in [1.807, 2.05) is 31.2 Å². The van der Waals surface area contributed by atoms with E-state index < -0.39 is 0 Å². The molecule has 4 nitrogen and oxygen atoms in total. The number of rotatable bonds is 6. The molecule has 0 saturated carbocycles. The summed E-state index contributed by atoms with van der Waals surface area (Å²) in [5, 5.41) is 0. The summed E-state index contributed by atoms with van der Waals surface area (Å²) in [6.07, 6.45) is 2.00. The van der Waals surface area contributed by atoms with Crippen molar-refractivity contribution in [3.63, 3.8) is 0 Å². The molecular formula is C17H25N3O. The van der Waals surface area contributed by atoms with Crippen LogP contribution in [-0.4, -0.2) is 16.2 Å². The molecule has 0 unspecified atom stereocenters. The van der Waals surface area contributed by atoms with E-state index in [1.165, 1.54) is 0 Å². The van der Waals surface area contributed by atoms with E-state index in [0.29, 0.717) is 12.6 Å². The monoisotopic (exact) mass is 287 g/mol. The highest BCUT2D eigenvalue weighted by atomic mass is 16.5. The summed E-state index contributed by atoms with van der Waals surface area (Å²) in [4.78, 5) is 4.77. The molecule has 4 heteroatoms. The van der Waals surface area contributed by atoms with Crippen molar-refractivity contribution >= 4 is 5.82 Å². The van der Waals surface area contributed by atoms with Crippen LogP contribution in [0.1, 0.15) is 46.0 Å². The maximum absolute atomic E-state index is 6.35. The average Bonchev–Trinajstić information content (AvgIpc) is 2.77. The number of aryl methyl sites for hydroxylation is 1. The van der Waals surface area contributed by atoms with Gasteiger partial charge in [-0.3, -0.25) is 0 Å². The predicted molar refractivity (Wildman–Crippen MR) is 87.6 cm³/mol. The Morgan fingerprint density at radius 2 is 2.05 bits per heavy atom. The minimum Gasteiger partial charge on any atom is -0.494 e. The van der Waals surface area contributed by atoms with Crippen molar-refractivity contribution in [3.05, 3.63) is 30.1 Å². The first-order chi connectivity index (χ1) is 10.1. The van der Waals surface area contributed by atoms with E-state index in [1.54, 1.807) is 0 Å². The first-order valence-corrected chi connectivity index (χ1v) is 7.68. The predicted octanol–water partition coefficient (Wildman–Crippen LogP) is 4.06. The molecule has 0 saturated heterocycles. The highest BCUT2D eigenvalue weighted by molar-refractivity contribution is 5.72. The minimum atomic E-state index is 0.308. The van der Waals surface area contributed by atoms with Crippen molar-refractivity contribution in [3.8, 4) is 17.0 Å². The smallest absolute Gasteiger partial charge is 0.131 e. The van der Waals surface area contributed by atoms with Crippen molar-refractivity contribution in [2.75, 3.05) is 12.3 Å². The lowest BCUT2D eigenvalue weighted by Crippen LogP contribution is -2.09. The maximum atomic E-state index is 6.35. The van der Waals surface area contributed by atoms with Crippen LogP contribution < -0.4 is 10.5 Å². The van der Waals surface area contributed by atoms with Gasteiger partial charge in [0, 0.05) is 18.0 Å². The van der Waals surface area contributed by atoms with Crippen LogP contribution in [0.15, 0.2) is 24.3 Å². The number of hydrogen-bond donors (Lipinski definition) is 1. The van der Waals surface area contributed by atoms with Crippen LogP contribution in [-0.2, 0) is 6.42 Å². The summed E-state index contributed by atoms with van der Waals surface area (Å²) in [5.74, 6) is 2.65. The van der Waals surface area contributed by atoms with Crippen LogP contribution in [0.3, 0.4) is 0 Å². The molecular weight excluding hydrogens is 262 g/mol. The zero-order valence-electron chi connectivity index (χ0n) is 13.4. The topological polar surface area (TPSA) is 53.1 Å². The largest absolute Gasteiger partial charge is 0.494 e. The van der Waals surface area contributed by atoms with Gasteiger partial charge < -0.3 is 15.0 Å². The molecule has 1 aromatic heterocycles. The van der Waals surface area contributed by atoms with Gasteiger partial charge in [0.1, 0.15) is 23.1 Å². The number of imidazole rings is 1. The fourth-order valence-corrected chi connectivity index (χ4v) is 2.58. The molecule has 21 heavy (non-hydrogen) atoms. The standard InChI is InChI=1S/C17H25N3O/c1-5-8-15-19-16(17(18)20(15)12(3)4)13-9-7-10-14(11-13)21-6-2/h7,9-12H,5-6,8,18H2,1-4H3. The molecule has 2 rings (SSSR count). The van der Waals surface area contributed by atoms with Crippen molar-refractivity contribution in [2.45, 2.75) is 46.6 Å². The maximum Gasteiger partial charge on any atom is 0.131 e. The molecule has 114 valence electrons. The molecule has 0 amide bonds. The van der Waals surface area contributed by atoms with Gasteiger partial charge in [0.15, 0.2) is 0 Å². The van der Waals surface area contributed by atoms with Gasteiger partial charge in [-0.25, -0.2) is 4.98 Å². The van der Waals surface area contributed by atoms with Gasteiger partial charge in [0.05, 0.1) is 6.61 Å². The second-order valence-corrected chi connectivity index (χ2v) is 5.44. The molecule has 1 aromatic carbocycles. The van der Waals surface area contributed by atoms with E-state index >= 15 is 0 Å². The molecule has 0 bridgehead atoms. The van der Waals surface area contributed by atoms with E-state index in [0.717, 1.165) is 41.5 Å². The van der Waals surface area contributed by atoms with E-state index in [9.17, 15) is 0 Å².